The molecule has 3 aliphatic rings. The number of hydrazone groups is 1. The number of anilines is 1. The molecular formula is C25H19N3O3. The van der Waals surface area contributed by atoms with Crippen molar-refractivity contribution < 1.29 is 14.4 Å². The van der Waals surface area contributed by atoms with E-state index in [2.05, 4.69) is 5.10 Å². The third-order valence-electron chi connectivity index (χ3n) is 6.70. The molecule has 0 unspecified atom stereocenters. The summed E-state index contributed by atoms with van der Waals surface area (Å²) < 4.78 is 0. The summed E-state index contributed by atoms with van der Waals surface area (Å²) in [7, 11) is 0. The Morgan fingerprint density at radius 3 is 2.39 bits per heavy atom. The molecule has 152 valence electrons. The van der Waals surface area contributed by atoms with Gasteiger partial charge in [0.15, 0.2) is 5.78 Å². The summed E-state index contributed by atoms with van der Waals surface area (Å²) in [6.07, 6.45) is 1.71. The minimum absolute atomic E-state index is 0.157. The van der Waals surface area contributed by atoms with Crippen LogP contribution >= 0.6 is 0 Å². The number of amides is 2. The zero-order chi connectivity index (χ0) is 21.3. The number of nitrogens with zero attached hydrogens (tertiary/aromatic N) is 3. The minimum atomic E-state index is -0.749. The van der Waals surface area contributed by atoms with Crippen LogP contribution in [-0.2, 0) is 14.4 Å². The first-order valence-corrected chi connectivity index (χ1v) is 10.3. The smallest absolute Gasteiger partial charge is 0.240 e. The number of hydrogen-bond acceptors (Lipinski definition) is 5. The predicted molar refractivity (Wildman–Crippen MR) is 117 cm³/mol. The molecule has 0 saturated carbocycles. The highest BCUT2D eigenvalue weighted by Gasteiger charge is 2.64. The Labute approximate surface area is 178 Å². The molecule has 3 aliphatic heterocycles. The Morgan fingerprint density at radius 1 is 0.871 bits per heavy atom. The van der Waals surface area contributed by atoms with Crippen LogP contribution in [0.15, 0.2) is 71.8 Å². The van der Waals surface area contributed by atoms with E-state index in [1.165, 1.54) is 11.8 Å². The van der Waals surface area contributed by atoms with Crippen LogP contribution in [0, 0.1) is 11.8 Å². The Morgan fingerprint density at radius 2 is 1.58 bits per heavy atom. The van der Waals surface area contributed by atoms with Crippen molar-refractivity contribution in [2.75, 3.05) is 4.90 Å². The lowest BCUT2D eigenvalue weighted by Crippen LogP contribution is -2.43. The fourth-order valence-electron chi connectivity index (χ4n) is 5.39. The zero-order valence-electron chi connectivity index (χ0n) is 16.8. The molecule has 6 heteroatoms. The molecule has 3 heterocycles. The maximum atomic E-state index is 13.7. The molecule has 6 nitrogen and oxygen atoms in total. The van der Waals surface area contributed by atoms with E-state index in [9.17, 15) is 14.4 Å². The molecule has 31 heavy (non-hydrogen) atoms. The first kappa shape index (κ1) is 18.0. The molecule has 2 amide bonds. The summed E-state index contributed by atoms with van der Waals surface area (Å²) in [4.78, 5) is 41.2. The molecule has 4 atom stereocenters. The van der Waals surface area contributed by atoms with E-state index in [-0.39, 0.29) is 17.6 Å². The molecule has 6 rings (SSSR count). The summed E-state index contributed by atoms with van der Waals surface area (Å²) >= 11 is 0. The normalized spacial score (nSPS) is 26.2. The topological polar surface area (TPSA) is 70.0 Å². The first-order valence-electron chi connectivity index (χ1n) is 10.3. The van der Waals surface area contributed by atoms with E-state index in [1.54, 1.807) is 17.3 Å². The highest BCUT2D eigenvalue weighted by atomic mass is 16.2. The molecule has 3 aromatic rings. The molecular weight excluding hydrogens is 390 g/mol. The van der Waals surface area contributed by atoms with Gasteiger partial charge < -0.3 is 0 Å². The van der Waals surface area contributed by atoms with Crippen molar-refractivity contribution in [1.82, 2.24) is 5.01 Å². The predicted octanol–water partition coefficient (Wildman–Crippen LogP) is 3.31. The SMILES string of the molecule is CC(=O)[C@@H]1[C@@H]2C(=O)N(c3ccc4ccccc4c3)C(=O)[C@H]2[C@@H]2c3ccccc3C=NN12. The fourth-order valence-corrected chi connectivity index (χ4v) is 5.39. The molecule has 0 N–H and O–H groups in total. The lowest BCUT2D eigenvalue weighted by molar-refractivity contribution is -0.129. The monoisotopic (exact) mass is 409 g/mol. The molecule has 2 fully saturated rings. The maximum Gasteiger partial charge on any atom is 0.240 e. The number of ketones is 1. The van der Waals surface area contributed by atoms with Crippen molar-refractivity contribution in [3.8, 4) is 0 Å². The van der Waals surface area contributed by atoms with E-state index in [1.807, 2.05) is 60.7 Å². The highest BCUT2D eigenvalue weighted by molar-refractivity contribution is 6.24. The van der Waals surface area contributed by atoms with E-state index < -0.39 is 23.9 Å². The average Bonchev–Trinajstić information content (AvgIpc) is 3.26. The Kier molecular flexibility index (Phi) is 3.69. The summed E-state index contributed by atoms with van der Waals surface area (Å²) in [6, 6.07) is 19.9. The van der Waals surface area contributed by atoms with Gasteiger partial charge in [-0.15, -0.1) is 0 Å². The van der Waals surface area contributed by atoms with Crippen LogP contribution in [0.5, 0.6) is 0 Å². The van der Waals surface area contributed by atoms with E-state index in [0.717, 1.165) is 21.9 Å². The summed E-state index contributed by atoms with van der Waals surface area (Å²) in [5.74, 6) is -2.14. The third kappa shape index (κ3) is 2.39. The molecule has 3 aromatic carbocycles. The van der Waals surface area contributed by atoms with Gasteiger partial charge in [0, 0.05) is 0 Å². The standard InChI is InChI=1S/C25H19N3O3/c1-14(29)22-20-21(23-19-9-5-4-8-17(19)13-26-28(22)23)25(31)27(24(20)30)18-11-10-15-6-2-3-7-16(15)12-18/h2-13,20-23H,1H3/t20-,21-,22-,23+/m1/s1. The lowest BCUT2D eigenvalue weighted by Gasteiger charge is -2.33. The van der Waals surface area contributed by atoms with Gasteiger partial charge in [0.1, 0.15) is 6.04 Å². The van der Waals surface area contributed by atoms with Crippen molar-refractivity contribution in [3.05, 3.63) is 77.9 Å². The number of carbonyl (C=O) groups excluding carboxylic acids is 3. The highest BCUT2D eigenvalue weighted by Crippen LogP contribution is 2.52. The van der Waals surface area contributed by atoms with Crippen LogP contribution in [0.1, 0.15) is 24.1 Å². The van der Waals surface area contributed by atoms with Gasteiger partial charge in [-0.3, -0.25) is 19.4 Å². The van der Waals surface area contributed by atoms with Gasteiger partial charge in [0.25, 0.3) is 0 Å². The molecule has 0 aromatic heterocycles. The van der Waals surface area contributed by atoms with Crippen LogP contribution in [-0.4, -0.2) is 34.9 Å². The van der Waals surface area contributed by atoms with Gasteiger partial charge >= 0.3 is 0 Å². The summed E-state index contributed by atoms with van der Waals surface area (Å²) in [6.45, 7) is 1.47. The number of imide groups is 1. The summed E-state index contributed by atoms with van der Waals surface area (Å²) in [5, 5.41) is 8.15. The second kappa shape index (κ2) is 6.35. The zero-order valence-corrected chi connectivity index (χ0v) is 16.8. The van der Waals surface area contributed by atoms with Crippen LogP contribution in [0.2, 0.25) is 0 Å². The molecule has 0 spiro atoms. The first-order chi connectivity index (χ1) is 15.1. The van der Waals surface area contributed by atoms with E-state index in [0.29, 0.717) is 5.69 Å². The van der Waals surface area contributed by atoms with Crippen LogP contribution in [0.25, 0.3) is 10.8 Å². The Bertz CT molecular complexity index is 1310. The van der Waals surface area contributed by atoms with Gasteiger partial charge in [0.05, 0.1) is 29.8 Å². The van der Waals surface area contributed by atoms with Gasteiger partial charge in [-0.25, -0.2) is 4.90 Å². The number of benzene rings is 3. The Hall–Kier alpha value is -3.80. The number of carbonyl (C=O) groups is 3. The second-order valence-corrected chi connectivity index (χ2v) is 8.35. The van der Waals surface area contributed by atoms with Crippen LogP contribution in [0.4, 0.5) is 5.69 Å². The molecule has 0 radical (unpaired) electrons. The van der Waals surface area contributed by atoms with Crippen molar-refractivity contribution in [2.24, 2.45) is 16.9 Å². The van der Waals surface area contributed by atoms with Gasteiger partial charge in [0.2, 0.25) is 11.8 Å². The average molecular weight is 409 g/mol. The van der Waals surface area contributed by atoms with Crippen LogP contribution < -0.4 is 4.90 Å². The number of hydrogen-bond donors (Lipinski definition) is 0. The minimum Gasteiger partial charge on any atom is -0.298 e. The van der Waals surface area contributed by atoms with Crippen molar-refractivity contribution in [1.29, 1.82) is 0 Å². The van der Waals surface area contributed by atoms with Gasteiger partial charge in [-0.2, -0.15) is 5.10 Å². The van der Waals surface area contributed by atoms with Crippen molar-refractivity contribution in [3.63, 3.8) is 0 Å². The molecule has 0 bridgehead atoms. The van der Waals surface area contributed by atoms with Crippen molar-refractivity contribution in [2.45, 2.75) is 19.0 Å². The fraction of sp³-hybridized carbons (Fsp3) is 0.200. The van der Waals surface area contributed by atoms with Crippen LogP contribution in [0.3, 0.4) is 0 Å². The third-order valence-corrected chi connectivity index (χ3v) is 6.70. The van der Waals surface area contributed by atoms with E-state index in [4.69, 9.17) is 0 Å². The number of fused-ring (bicyclic) bond motifs is 6. The summed E-state index contributed by atoms with van der Waals surface area (Å²) in [5.41, 5.74) is 2.39. The largest absolute Gasteiger partial charge is 0.298 e. The quantitative estimate of drug-likeness (QED) is 0.609. The van der Waals surface area contributed by atoms with Gasteiger partial charge in [-0.05, 0) is 41.0 Å². The number of rotatable bonds is 2. The molecule has 0 aliphatic carbocycles. The second-order valence-electron chi connectivity index (χ2n) is 8.35. The van der Waals surface area contributed by atoms with Crippen molar-refractivity contribution >= 4 is 40.3 Å². The lowest BCUT2D eigenvalue weighted by atomic mass is 9.84. The molecule has 2 saturated heterocycles. The maximum absolute atomic E-state index is 13.7. The van der Waals surface area contributed by atoms with E-state index >= 15 is 0 Å². The van der Waals surface area contributed by atoms with Gasteiger partial charge in [-0.1, -0.05) is 54.6 Å². The number of Topliss-reactive ketones (excluding diaryl/α,β-unsaturated/α-hetero) is 1. The Balaban J connectivity index is 1.49.